The second kappa shape index (κ2) is 11.3. The topological polar surface area (TPSA) is 114 Å². The molecule has 0 saturated carbocycles. The minimum Gasteiger partial charge on any atom is -0.449 e. The van der Waals surface area contributed by atoms with Crippen LogP contribution >= 0.6 is 22.9 Å². The summed E-state index contributed by atoms with van der Waals surface area (Å²) in [4.78, 5) is 27.6. The van der Waals surface area contributed by atoms with Gasteiger partial charge in [0.15, 0.2) is 6.10 Å². The summed E-state index contributed by atoms with van der Waals surface area (Å²) in [6.07, 6.45) is -1.13. The highest BCUT2D eigenvalue weighted by Gasteiger charge is 2.24. The molecule has 2 aromatic carbocycles. The van der Waals surface area contributed by atoms with Crippen molar-refractivity contribution in [3.8, 4) is 0 Å². The predicted molar refractivity (Wildman–Crippen MR) is 140 cm³/mol. The van der Waals surface area contributed by atoms with Crippen LogP contribution < -0.4 is 14.9 Å². The van der Waals surface area contributed by atoms with E-state index < -0.39 is 28.0 Å². The lowest BCUT2D eigenvalue weighted by Crippen LogP contribution is -2.36. The molecule has 3 aromatic rings. The number of carbonyl (C=O) groups excluding carboxylic acids is 2. The average Bonchev–Trinajstić information content (AvgIpc) is 3.32. The van der Waals surface area contributed by atoms with E-state index in [1.165, 1.54) is 31.2 Å². The Kier molecular flexibility index (Phi) is 8.14. The van der Waals surface area contributed by atoms with Gasteiger partial charge in [-0.25, -0.2) is 13.2 Å². The molecule has 1 aliphatic rings. The Bertz CT molecular complexity index is 1340. The minimum atomic E-state index is -3.96. The first-order valence-corrected chi connectivity index (χ1v) is 13.7. The number of nitrogens with one attached hydrogen (secondary N) is 2. The molecule has 0 spiro atoms. The number of sulfonamides is 1. The number of para-hydroxylation sites is 1. The van der Waals surface area contributed by atoms with Crippen LogP contribution in [0.25, 0.3) is 0 Å². The summed E-state index contributed by atoms with van der Waals surface area (Å²) in [7, 11) is -3.96. The fourth-order valence-electron chi connectivity index (χ4n) is 3.49. The van der Waals surface area contributed by atoms with Crippen molar-refractivity contribution in [3.05, 3.63) is 70.6 Å². The molecular formula is C24H24ClN3O6S2. The number of benzene rings is 2. The molecule has 12 heteroatoms. The van der Waals surface area contributed by atoms with Crippen LogP contribution in [-0.2, 0) is 24.3 Å². The van der Waals surface area contributed by atoms with Crippen LogP contribution in [0.2, 0.25) is 4.34 Å². The molecule has 1 aromatic heterocycles. The number of ether oxygens (including phenoxy) is 2. The van der Waals surface area contributed by atoms with Gasteiger partial charge in [-0.15, -0.1) is 11.3 Å². The molecule has 1 atom stereocenters. The van der Waals surface area contributed by atoms with E-state index in [-0.39, 0.29) is 15.5 Å². The quantitative estimate of drug-likeness (QED) is 0.404. The van der Waals surface area contributed by atoms with Crippen LogP contribution in [0.1, 0.15) is 17.3 Å². The van der Waals surface area contributed by atoms with Gasteiger partial charge in [-0.1, -0.05) is 23.7 Å². The monoisotopic (exact) mass is 549 g/mol. The van der Waals surface area contributed by atoms with Crippen LogP contribution in [0.3, 0.4) is 0 Å². The number of thiophene rings is 1. The van der Waals surface area contributed by atoms with Gasteiger partial charge in [-0.3, -0.25) is 9.52 Å². The van der Waals surface area contributed by atoms with Crippen molar-refractivity contribution in [2.75, 3.05) is 41.2 Å². The van der Waals surface area contributed by atoms with Crippen LogP contribution in [0, 0.1) is 0 Å². The van der Waals surface area contributed by atoms with Gasteiger partial charge in [0.25, 0.3) is 15.9 Å². The Morgan fingerprint density at radius 2 is 1.75 bits per heavy atom. The number of hydrogen-bond acceptors (Lipinski definition) is 8. The van der Waals surface area contributed by atoms with Crippen LogP contribution in [0.15, 0.2) is 64.9 Å². The summed E-state index contributed by atoms with van der Waals surface area (Å²) in [6.45, 7) is 4.40. The average molecular weight is 550 g/mol. The molecule has 36 heavy (non-hydrogen) atoms. The molecule has 1 fully saturated rings. The van der Waals surface area contributed by atoms with Crippen molar-refractivity contribution < 1.29 is 27.5 Å². The number of amides is 1. The third-order valence-corrected chi connectivity index (χ3v) is 8.46. The molecule has 1 amide bonds. The number of rotatable bonds is 8. The van der Waals surface area contributed by atoms with E-state index in [1.54, 1.807) is 24.3 Å². The van der Waals surface area contributed by atoms with Gasteiger partial charge in [0.2, 0.25) is 0 Å². The molecule has 0 unspecified atom stereocenters. The molecule has 4 rings (SSSR count). The summed E-state index contributed by atoms with van der Waals surface area (Å²) in [5, 5.41) is 2.72. The Balaban J connectivity index is 1.38. The smallest absolute Gasteiger partial charge is 0.341 e. The van der Waals surface area contributed by atoms with E-state index >= 15 is 0 Å². The molecule has 0 radical (unpaired) electrons. The lowest BCUT2D eigenvalue weighted by atomic mass is 10.2. The number of esters is 1. The molecule has 2 heterocycles. The van der Waals surface area contributed by atoms with Gasteiger partial charge >= 0.3 is 5.97 Å². The number of hydrogen-bond donors (Lipinski definition) is 2. The van der Waals surface area contributed by atoms with Crippen molar-refractivity contribution in [1.82, 2.24) is 0 Å². The fourth-order valence-corrected chi connectivity index (χ4v) is 6.05. The van der Waals surface area contributed by atoms with E-state index in [1.807, 2.05) is 12.1 Å². The first-order valence-electron chi connectivity index (χ1n) is 11.0. The second-order valence-electron chi connectivity index (χ2n) is 7.89. The Labute approximate surface area is 218 Å². The first-order chi connectivity index (χ1) is 17.2. The summed E-state index contributed by atoms with van der Waals surface area (Å²) in [6, 6.07) is 16.2. The van der Waals surface area contributed by atoms with Gasteiger partial charge in [-0.2, -0.15) is 0 Å². The van der Waals surface area contributed by atoms with Gasteiger partial charge in [0.05, 0.1) is 28.8 Å². The maximum atomic E-state index is 12.8. The molecule has 9 nitrogen and oxygen atoms in total. The summed E-state index contributed by atoms with van der Waals surface area (Å²) in [5.74, 6) is -1.36. The maximum Gasteiger partial charge on any atom is 0.341 e. The van der Waals surface area contributed by atoms with E-state index in [4.69, 9.17) is 21.1 Å². The van der Waals surface area contributed by atoms with E-state index in [0.29, 0.717) is 23.2 Å². The van der Waals surface area contributed by atoms with Gasteiger partial charge in [0.1, 0.15) is 4.21 Å². The molecule has 0 bridgehead atoms. The van der Waals surface area contributed by atoms with Crippen molar-refractivity contribution in [1.29, 1.82) is 0 Å². The zero-order valence-electron chi connectivity index (χ0n) is 19.3. The molecule has 1 aliphatic heterocycles. The number of anilines is 3. The highest BCUT2D eigenvalue weighted by Crippen LogP contribution is 2.28. The SMILES string of the molecule is C[C@H](OC(=O)c1ccccc1NS(=O)(=O)c1ccc(Cl)s1)C(=O)Nc1ccc(N2CCOCC2)cc1. The standard InChI is InChI=1S/C24H24ClN3O6S2/c1-16(23(29)26-17-6-8-18(9-7-17)28-12-14-33-15-13-28)34-24(30)19-4-2-3-5-20(19)27-36(31,32)22-11-10-21(25)35-22/h2-11,16,27H,12-15H2,1H3,(H,26,29)/t16-/m0/s1. The van der Waals surface area contributed by atoms with E-state index in [9.17, 15) is 18.0 Å². The predicted octanol–water partition coefficient (Wildman–Crippen LogP) is 4.22. The largest absolute Gasteiger partial charge is 0.449 e. The van der Waals surface area contributed by atoms with E-state index in [2.05, 4.69) is 14.9 Å². The minimum absolute atomic E-state index is 0.00283. The van der Waals surface area contributed by atoms with Gasteiger partial charge < -0.3 is 19.7 Å². The van der Waals surface area contributed by atoms with Gasteiger partial charge in [-0.05, 0) is 55.5 Å². The number of morpholine rings is 1. The highest BCUT2D eigenvalue weighted by atomic mass is 35.5. The number of carbonyl (C=O) groups is 2. The summed E-state index contributed by atoms with van der Waals surface area (Å²) >= 11 is 6.74. The highest BCUT2D eigenvalue weighted by molar-refractivity contribution is 7.94. The van der Waals surface area contributed by atoms with E-state index in [0.717, 1.165) is 30.1 Å². The Hall–Kier alpha value is -3.12. The second-order valence-corrected chi connectivity index (χ2v) is 11.5. The van der Waals surface area contributed by atoms with Gasteiger partial charge in [0, 0.05) is 24.5 Å². The molecular weight excluding hydrogens is 526 g/mol. The molecule has 190 valence electrons. The maximum absolute atomic E-state index is 12.8. The normalized spacial score (nSPS) is 14.7. The lowest BCUT2D eigenvalue weighted by molar-refractivity contribution is -0.123. The first kappa shape index (κ1) is 26.0. The van der Waals surface area contributed by atoms with Crippen LogP contribution in [0.5, 0.6) is 0 Å². The zero-order chi connectivity index (χ0) is 25.7. The Morgan fingerprint density at radius 3 is 2.42 bits per heavy atom. The third-order valence-electron chi connectivity index (χ3n) is 5.37. The summed E-state index contributed by atoms with van der Waals surface area (Å²) < 4.78 is 38.7. The molecule has 0 aliphatic carbocycles. The van der Waals surface area contributed by atoms with Crippen LogP contribution in [0.4, 0.5) is 17.1 Å². The number of nitrogens with zero attached hydrogens (tertiary/aromatic N) is 1. The molecule has 1 saturated heterocycles. The van der Waals surface area contributed by atoms with Crippen molar-refractivity contribution in [3.63, 3.8) is 0 Å². The van der Waals surface area contributed by atoms with Crippen molar-refractivity contribution in [2.24, 2.45) is 0 Å². The third kappa shape index (κ3) is 6.35. The van der Waals surface area contributed by atoms with Crippen LogP contribution in [-0.4, -0.2) is 52.7 Å². The van der Waals surface area contributed by atoms with Crippen molar-refractivity contribution >= 4 is 61.9 Å². The molecule has 2 N–H and O–H groups in total. The Morgan fingerprint density at radius 1 is 1.06 bits per heavy atom. The van der Waals surface area contributed by atoms with Crippen molar-refractivity contribution in [2.45, 2.75) is 17.2 Å². The lowest BCUT2D eigenvalue weighted by Gasteiger charge is -2.28. The fraction of sp³-hybridized carbons (Fsp3) is 0.250. The number of halogens is 1. The zero-order valence-corrected chi connectivity index (χ0v) is 21.7. The summed E-state index contributed by atoms with van der Waals surface area (Å²) in [5.41, 5.74) is 1.58.